The van der Waals surface area contributed by atoms with E-state index in [2.05, 4.69) is 15.0 Å². The van der Waals surface area contributed by atoms with Crippen molar-refractivity contribution in [3.05, 3.63) is 65.6 Å². The summed E-state index contributed by atoms with van der Waals surface area (Å²) in [7, 11) is 1.59. The largest absolute Gasteiger partial charge is 0.491 e. The second-order valence-corrected chi connectivity index (χ2v) is 7.51. The van der Waals surface area contributed by atoms with Crippen LogP contribution in [0.25, 0.3) is 21.8 Å². The number of nitrogens with zero attached hydrogens (tertiary/aromatic N) is 4. The fraction of sp³-hybridized carbons (Fsp3) is 0.182. The number of likely N-dealkylation sites (N-methyl/N-ethyl adjacent to an activating group) is 1. The summed E-state index contributed by atoms with van der Waals surface area (Å²) in [4.78, 5) is 27.2. The van der Waals surface area contributed by atoms with E-state index in [-0.39, 0.29) is 24.1 Å². The van der Waals surface area contributed by atoms with Gasteiger partial charge in [0.15, 0.2) is 5.82 Å². The van der Waals surface area contributed by atoms with Gasteiger partial charge in [-0.05, 0) is 30.3 Å². The number of amides is 1. The molecule has 0 spiro atoms. The molecule has 162 valence electrons. The summed E-state index contributed by atoms with van der Waals surface area (Å²) >= 11 is 0. The predicted molar refractivity (Wildman–Crippen MR) is 111 cm³/mol. The number of pyridine rings is 1. The van der Waals surface area contributed by atoms with E-state index < -0.39 is 17.8 Å². The highest BCUT2D eigenvalue weighted by Gasteiger charge is 2.36. The second kappa shape index (κ2) is 7.04. The van der Waals surface area contributed by atoms with Crippen LogP contribution in [0.3, 0.4) is 0 Å². The minimum atomic E-state index is -4.47. The first-order valence-electron chi connectivity index (χ1n) is 9.64. The molecule has 0 radical (unpaired) electrons. The monoisotopic (exact) mass is 439 g/mol. The topological polar surface area (TPSA) is 94.2 Å². The molecule has 0 unspecified atom stereocenters. The minimum Gasteiger partial charge on any atom is -0.491 e. The number of carbonyl (C=O) groups excluding carboxylic acids is 1. The number of anilines is 1. The fourth-order valence-electron chi connectivity index (χ4n) is 3.93. The minimum absolute atomic E-state index is 0.0708. The molecule has 0 saturated carbocycles. The van der Waals surface area contributed by atoms with E-state index in [1.54, 1.807) is 31.4 Å². The Labute approximate surface area is 179 Å². The Balaban J connectivity index is 1.50. The number of aromatic nitrogens is 3. The van der Waals surface area contributed by atoms with Crippen LogP contribution in [0.2, 0.25) is 0 Å². The Kier molecular flexibility index (Phi) is 4.40. The third-order valence-corrected chi connectivity index (χ3v) is 5.61. The maximum atomic E-state index is 13.2. The van der Waals surface area contributed by atoms with Crippen molar-refractivity contribution in [2.75, 3.05) is 19.4 Å². The number of alkyl halides is 3. The molecule has 1 aliphatic heterocycles. The zero-order chi connectivity index (χ0) is 22.6. The van der Waals surface area contributed by atoms with E-state index in [0.717, 1.165) is 12.1 Å². The highest BCUT2D eigenvalue weighted by molar-refractivity contribution is 6.10. The van der Waals surface area contributed by atoms with E-state index in [4.69, 9.17) is 10.5 Å². The Bertz CT molecular complexity index is 1390. The molecule has 0 fully saturated rings. The maximum Gasteiger partial charge on any atom is 0.416 e. The average molecular weight is 439 g/mol. The van der Waals surface area contributed by atoms with Gasteiger partial charge in [-0.2, -0.15) is 13.2 Å². The van der Waals surface area contributed by atoms with Gasteiger partial charge in [0.05, 0.1) is 17.1 Å². The van der Waals surface area contributed by atoms with Crippen molar-refractivity contribution in [3.63, 3.8) is 0 Å². The molecule has 7 nitrogen and oxygen atoms in total. The summed E-state index contributed by atoms with van der Waals surface area (Å²) < 4.78 is 44.4. The molecule has 0 bridgehead atoms. The summed E-state index contributed by atoms with van der Waals surface area (Å²) in [5.74, 6) is 0.0879. The van der Waals surface area contributed by atoms with Crippen molar-refractivity contribution in [1.29, 1.82) is 0 Å². The van der Waals surface area contributed by atoms with Gasteiger partial charge >= 0.3 is 6.18 Å². The van der Waals surface area contributed by atoms with Crippen LogP contribution in [0.4, 0.5) is 19.0 Å². The lowest BCUT2D eigenvalue weighted by Gasteiger charge is -2.24. The third-order valence-electron chi connectivity index (χ3n) is 5.61. The van der Waals surface area contributed by atoms with Gasteiger partial charge in [-0.15, -0.1) is 0 Å². The molecule has 0 saturated heterocycles. The summed E-state index contributed by atoms with van der Waals surface area (Å²) in [6.07, 6.45) is -1.48. The number of fused-ring (bicyclic) bond motifs is 4. The fourth-order valence-corrected chi connectivity index (χ4v) is 3.93. The number of benzene rings is 2. The van der Waals surface area contributed by atoms with Crippen LogP contribution in [-0.4, -0.2) is 39.4 Å². The van der Waals surface area contributed by atoms with Gasteiger partial charge in [0, 0.05) is 35.1 Å². The summed E-state index contributed by atoms with van der Waals surface area (Å²) in [5.41, 5.74) is 7.18. The number of halogens is 3. The summed E-state index contributed by atoms with van der Waals surface area (Å²) in [6, 6.07) is 7.82. The van der Waals surface area contributed by atoms with Gasteiger partial charge < -0.3 is 15.4 Å². The van der Waals surface area contributed by atoms with Crippen LogP contribution < -0.4 is 10.5 Å². The van der Waals surface area contributed by atoms with Crippen LogP contribution in [0, 0.1) is 0 Å². The van der Waals surface area contributed by atoms with Gasteiger partial charge in [0.25, 0.3) is 5.91 Å². The average Bonchev–Trinajstić information content (AvgIpc) is 3.21. The normalized spacial score (nSPS) is 15.6. The van der Waals surface area contributed by atoms with Crippen LogP contribution in [0.5, 0.6) is 5.75 Å². The number of carbonyl (C=O) groups is 1. The standard InChI is InChI=1S/C22H16F3N5O2/c1-30(17-9-32-18-7-12(22(23,24)25)3-4-13(17)18)21(31)11-2-5-16-14(6-11)15-8-27-10-28-19(15)20(26)29-16/h2-8,10,17H,9H2,1H3,(H2,26,29)/t17-/m1/s1. The van der Waals surface area contributed by atoms with Gasteiger partial charge in [0.2, 0.25) is 0 Å². The van der Waals surface area contributed by atoms with E-state index in [0.29, 0.717) is 32.9 Å². The first kappa shape index (κ1) is 20.0. The highest BCUT2D eigenvalue weighted by Crippen LogP contribution is 2.40. The van der Waals surface area contributed by atoms with E-state index in [1.165, 1.54) is 17.3 Å². The SMILES string of the molecule is CN(C(=O)c1ccc2nc(N)c3ncncc3c2c1)[C@@H]1COc2cc(C(F)(F)F)ccc21. The van der Waals surface area contributed by atoms with Gasteiger partial charge in [-0.25, -0.2) is 15.0 Å². The number of rotatable bonds is 2. The van der Waals surface area contributed by atoms with Crippen molar-refractivity contribution < 1.29 is 22.7 Å². The molecule has 3 heterocycles. The summed E-state index contributed by atoms with van der Waals surface area (Å²) in [5, 5.41) is 1.34. The molecule has 2 N–H and O–H groups in total. The second-order valence-electron chi connectivity index (χ2n) is 7.51. The molecule has 32 heavy (non-hydrogen) atoms. The smallest absolute Gasteiger partial charge is 0.416 e. The first-order chi connectivity index (χ1) is 15.2. The quantitative estimate of drug-likeness (QED) is 0.475. The Morgan fingerprint density at radius 1 is 1.19 bits per heavy atom. The molecule has 4 aromatic rings. The molecule has 1 amide bonds. The molecule has 0 aliphatic carbocycles. The van der Waals surface area contributed by atoms with Gasteiger partial charge in [-0.3, -0.25) is 4.79 Å². The van der Waals surface area contributed by atoms with Crippen molar-refractivity contribution in [3.8, 4) is 5.75 Å². The number of nitrogens with two attached hydrogens (primary N) is 1. The zero-order valence-electron chi connectivity index (χ0n) is 16.7. The number of nitrogen functional groups attached to an aromatic ring is 1. The Morgan fingerprint density at radius 3 is 2.78 bits per heavy atom. The molecular weight excluding hydrogens is 423 g/mol. The zero-order valence-corrected chi connectivity index (χ0v) is 16.7. The van der Waals surface area contributed by atoms with Crippen LogP contribution >= 0.6 is 0 Å². The number of hydrogen-bond acceptors (Lipinski definition) is 6. The van der Waals surface area contributed by atoms with E-state index in [1.807, 2.05) is 0 Å². The molecule has 5 rings (SSSR count). The van der Waals surface area contributed by atoms with Crippen molar-refractivity contribution in [2.45, 2.75) is 12.2 Å². The lowest BCUT2D eigenvalue weighted by Crippen LogP contribution is -2.32. The van der Waals surface area contributed by atoms with Crippen molar-refractivity contribution >= 4 is 33.5 Å². The Morgan fingerprint density at radius 2 is 2.00 bits per heavy atom. The first-order valence-corrected chi connectivity index (χ1v) is 9.64. The highest BCUT2D eigenvalue weighted by atomic mass is 19.4. The van der Waals surface area contributed by atoms with Crippen molar-refractivity contribution in [1.82, 2.24) is 19.9 Å². The number of hydrogen-bond donors (Lipinski definition) is 1. The van der Waals surface area contributed by atoms with Crippen LogP contribution in [0.1, 0.15) is 27.5 Å². The Hall–Kier alpha value is -3.95. The van der Waals surface area contributed by atoms with Gasteiger partial charge in [-0.1, -0.05) is 6.07 Å². The van der Waals surface area contributed by atoms with Gasteiger partial charge in [0.1, 0.15) is 24.2 Å². The molecule has 10 heteroatoms. The molecular formula is C22H16F3N5O2. The summed E-state index contributed by atoms with van der Waals surface area (Å²) in [6.45, 7) is 0.0708. The lowest BCUT2D eigenvalue weighted by atomic mass is 10.0. The molecule has 2 aromatic carbocycles. The molecule has 1 aliphatic rings. The molecule has 2 aromatic heterocycles. The van der Waals surface area contributed by atoms with E-state index in [9.17, 15) is 18.0 Å². The maximum absolute atomic E-state index is 13.2. The number of ether oxygens (including phenoxy) is 1. The van der Waals surface area contributed by atoms with Crippen LogP contribution in [0.15, 0.2) is 48.9 Å². The third kappa shape index (κ3) is 3.15. The lowest BCUT2D eigenvalue weighted by molar-refractivity contribution is -0.137. The molecule has 1 atom stereocenters. The predicted octanol–water partition coefficient (Wildman–Crippen LogP) is 3.98. The van der Waals surface area contributed by atoms with Crippen LogP contribution in [-0.2, 0) is 6.18 Å². The van der Waals surface area contributed by atoms with E-state index >= 15 is 0 Å². The van der Waals surface area contributed by atoms with Crippen molar-refractivity contribution in [2.24, 2.45) is 0 Å².